The van der Waals surface area contributed by atoms with Gasteiger partial charge in [-0.05, 0) is 12.5 Å². The van der Waals surface area contributed by atoms with E-state index in [4.69, 9.17) is 10.2 Å². The lowest BCUT2D eigenvalue weighted by Gasteiger charge is -2.02. The quantitative estimate of drug-likeness (QED) is 0.538. The minimum absolute atomic E-state index is 0.0550. The van der Waals surface area contributed by atoms with E-state index in [1.165, 1.54) is 6.92 Å². The van der Waals surface area contributed by atoms with E-state index in [-0.39, 0.29) is 11.3 Å². The van der Waals surface area contributed by atoms with Gasteiger partial charge >= 0.3 is 5.97 Å². The van der Waals surface area contributed by atoms with Gasteiger partial charge in [0.2, 0.25) is 0 Å². The lowest BCUT2D eigenvalue weighted by molar-refractivity contribution is -0.130. The van der Waals surface area contributed by atoms with E-state index in [0.717, 1.165) is 0 Å². The van der Waals surface area contributed by atoms with E-state index in [1.807, 2.05) is 0 Å². The topological polar surface area (TPSA) is 57.5 Å². The standard InChI is InChI=1S/C10H10O3/c1-7(11)9(10(12)13)8-5-3-2-4-6-8/h2-6,11H,1H3,(H,12,13)/b9-7-. The van der Waals surface area contributed by atoms with Crippen LogP contribution in [0.4, 0.5) is 0 Å². The Kier molecular flexibility index (Phi) is 2.69. The van der Waals surface area contributed by atoms with Crippen LogP contribution in [0.3, 0.4) is 0 Å². The molecule has 1 aromatic rings. The monoisotopic (exact) mass is 178 g/mol. The van der Waals surface area contributed by atoms with Crippen molar-refractivity contribution in [1.29, 1.82) is 0 Å². The molecule has 3 nitrogen and oxygen atoms in total. The molecular formula is C10H10O3. The lowest BCUT2D eigenvalue weighted by Crippen LogP contribution is -2.02. The van der Waals surface area contributed by atoms with E-state index < -0.39 is 5.97 Å². The summed E-state index contributed by atoms with van der Waals surface area (Å²) in [6.07, 6.45) is 0. The fraction of sp³-hybridized carbons (Fsp3) is 0.100. The number of aliphatic hydroxyl groups excluding tert-OH is 1. The third-order valence-corrected chi connectivity index (χ3v) is 1.64. The molecule has 0 aliphatic carbocycles. The fourth-order valence-electron chi connectivity index (χ4n) is 1.09. The van der Waals surface area contributed by atoms with Crippen LogP contribution in [-0.2, 0) is 4.79 Å². The summed E-state index contributed by atoms with van der Waals surface area (Å²) in [4.78, 5) is 10.7. The predicted octanol–water partition coefficient (Wildman–Crippen LogP) is 2.06. The van der Waals surface area contributed by atoms with Crippen molar-refractivity contribution < 1.29 is 15.0 Å². The summed E-state index contributed by atoms with van der Waals surface area (Å²) in [5.41, 5.74) is 0.454. The molecule has 0 saturated carbocycles. The maximum atomic E-state index is 10.7. The van der Waals surface area contributed by atoms with E-state index in [2.05, 4.69) is 0 Å². The highest BCUT2D eigenvalue weighted by molar-refractivity contribution is 6.15. The highest BCUT2D eigenvalue weighted by Crippen LogP contribution is 2.16. The van der Waals surface area contributed by atoms with Crippen LogP contribution < -0.4 is 0 Å². The summed E-state index contributed by atoms with van der Waals surface area (Å²) in [6.45, 7) is 1.36. The molecule has 0 bridgehead atoms. The van der Waals surface area contributed by atoms with Gasteiger partial charge in [-0.1, -0.05) is 30.3 Å². The van der Waals surface area contributed by atoms with Crippen molar-refractivity contribution in [3.63, 3.8) is 0 Å². The van der Waals surface area contributed by atoms with Crippen LogP contribution in [0.2, 0.25) is 0 Å². The molecule has 0 aliphatic heterocycles. The highest BCUT2D eigenvalue weighted by Gasteiger charge is 2.12. The molecule has 0 fully saturated rings. The summed E-state index contributed by atoms with van der Waals surface area (Å²) in [5.74, 6) is -1.30. The van der Waals surface area contributed by atoms with Crippen LogP contribution in [0.25, 0.3) is 5.57 Å². The first kappa shape index (κ1) is 9.32. The van der Waals surface area contributed by atoms with Gasteiger partial charge in [-0.25, -0.2) is 4.79 Å². The van der Waals surface area contributed by atoms with Gasteiger partial charge < -0.3 is 10.2 Å². The average Bonchev–Trinajstić information content (AvgIpc) is 2.04. The number of carboxylic acids is 1. The normalized spacial score (nSPS) is 12.1. The highest BCUT2D eigenvalue weighted by atomic mass is 16.4. The smallest absolute Gasteiger partial charge is 0.339 e. The average molecular weight is 178 g/mol. The third kappa shape index (κ3) is 2.08. The number of aliphatic hydroxyl groups is 1. The van der Waals surface area contributed by atoms with Gasteiger partial charge in [0.1, 0.15) is 11.3 Å². The molecule has 13 heavy (non-hydrogen) atoms. The SMILES string of the molecule is C/C(O)=C(/C(=O)O)c1ccccc1. The molecule has 0 unspecified atom stereocenters. The molecule has 0 saturated heterocycles. The summed E-state index contributed by atoms with van der Waals surface area (Å²) < 4.78 is 0. The molecule has 1 rings (SSSR count). The minimum atomic E-state index is -1.12. The van der Waals surface area contributed by atoms with Gasteiger partial charge in [-0.3, -0.25) is 0 Å². The first-order chi connectivity index (χ1) is 6.13. The Morgan fingerprint density at radius 2 is 1.69 bits per heavy atom. The second kappa shape index (κ2) is 3.76. The molecule has 1 aromatic carbocycles. The summed E-state index contributed by atoms with van der Waals surface area (Å²) >= 11 is 0. The largest absolute Gasteiger partial charge is 0.512 e. The molecule has 68 valence electrons. The van der Waals surface area contributed by atoms with Crippen molar-refractivity contribution >= 4 is 11.5 Å². The van der Waals surface area contributed by atoms with Gasteiger partial charge in [0.25, 0.3) is 0 Å². The molecule has 0 radical (unpaired) electrons. The molecule has 2 N–H and O–H groups in total. The van der Waals surface area contributed by atoms with Crippen molar-refractivity contribution in [1.82, 2.24) is 0 Å². The van der Waals surface area contributed by atoms with Gasteiger partial charge in [0.05, 0.1) is 0 Å². The Morgan fingerprint density at radius 3 is 2.08 bits per heavy atom. The number of hydrogen-bond donors (Lipinski definition) is 2. The van der Waals surface area contributed by atoms with Crippen LogP contribution in [-0.4, -0.2) is 16.2 Å². The van der Waals surface area contributed by atoms with Crippen LogP contribution >= 0.6 is 0 Å². The molecule has 0 atom stereocenters. The van der Waals surface area contributed by atoms with Crippen molar-refractivity contribution in [2.24, 2.45) is 0 Å². The molecule has 3 heteroatoms. The van der Waals surface area contributed by atoms with Crippen molar-refractivity contribution in [3.8, 4) is 0 Å². The first-order valence-electron chi connectivity index (χ1n) is 3.81. The second-order valence-corrected chi connectivity index (χ2v) is 2.63. The lowest BCUT2D eigenvalue weighted by atomic mass is 10.1. The Labute approximate surface area is 76.0 Å². The Bertz CT molecular complexity index is 334. The Hall–Kier alpha value is -1.77. The van der Waals surface area contributed by atoms with E-state index >= 15 is 0 Å². The maximum absolute atomic E-state index is 10.7. The summed E-state index contributed by atoms with van der Waals surface area (Å²) in [6, 6.07) is 8.52. The van der Waals surface area contributed by atoms with E-state index in [0.29, 0.717) is 5.56 Å². The van der Waals surface area contributed by atoms with Crippen molar-refractivity contribution in [2.75, 3.05) is 0 Å². The third-order valence-electron chi connectivity index (χ3n) is 1.64. The van der Waals surface area contributed by atoms with Gasteiger partial charge in [0.15, 0.2) is 0 Å². The first-order valence-corrected chi connectivity index (χ1v) is 3.81. The van der Waals surface area contributed by atoms with Crippen LogP contribution in [0, 0.1) is 0 Å². The van der Waals surface area contributed by atoms with Crippen molar-refractivity contribution in [2.45, 2.75) is 6.92 Å². The van der Waals surface area contributed by atoms with Crippen LogP contribution in [0.5, 0.6) is 0 Å². The number of rotatable bonds is 2. The molecule has 0 amide bonds. The minimum Gasteiger partial charge on any atom is -0.512 e. The van der Waals surface area contributed by atoms with Crippen LogP contribution in [0.15, 0.2) is 36.1 Å². The predicted molar refractivity (Wildman–Crippen MR) is 49.3 cm³/mol. The molecule has 0 aliphatic rings. The van der Waals surface area contributed by atoms with Gasteiger partial charge in [-0.15, -0.1) is 0 Å². The zero-order chi connectivity index (χ0) is 9.84. The number of allylic oxidation sites excluding steroid dienone is 1. The molecule has 0 aromatic heterocycles. The number of benzene rings is 1. The fourth-order valence-corrected chi connectivity index (χ4v) is 1.09. The number of carboxylic acid groups (broad SMARTS) is 1. The van der Waals surface area contributed by atoms with Crippen LogP contribution in [0.1, 0.15) is 12.5 Å². The molecular weight excluding hydrogens is 168 g/mol. The molecule has 0 spiro atoms. The number of hydrogen-bond acceptors (Lipinski definition) is 2. The summed E-state index contributed by atoms with van der Waals surface area (Å²) in [5, 5.41) is 17.9. The summed E-state index contributed by atoms with van der Waals surface area (Å²) in [7, 11) is 0. The Morgan fingerprint density at radius 1 is 1.15 bits per heavy atom. The number of carbonyl (C=O) groups is 1. The zero-order valence-electron chi connectivity index (χ0n) is 7.19. The Balaban J connectivity index is 3.20. The van der Waals surface area contributed by atoms with Crippen molar-refractivity contribution in [3.05, 3.63) is 41.7 Å². The molecule has 0 heterocycles. The zero-order valence-corrected chi connectivity index (χ0v) is 7.19. The van der Waals surface area contributed by atoms with E-state index in [9.17, 15) is 4.79 Å². The second-order valence-electron chi connectivity index (χ2n) is 2.63. The van der Waals surface area contributed by atoms with Gasteiger partial charge in [0, 0.05) is 0 Å². The van der Waals surface area contributed by atoms with E-state index in [1.54, 1.807) is 30.3 Å². The number of aliphatic carboxylic acids is 1. The maximum Gasteiger partial charge on any atom is 0.339 e. The van der Waals surface area contributed by atoms with Gasteiger partial charge in [-0.2, -0.15) is 0 Å².